The maximum Gasteiger partial charge on any atom is 0.104 e. The van der Waals surface area contributed by atoms with Crippen LogP contribution in [0.5, 0.6) is 0 Å². The quantitative estimate of drug-likeness (QED) is 0.629. The highest BCUT2D eigenvalue weighted by Crippen LogP contribution is 2.49. The van der Waals surface area contributed by atoms with Crippen molar-refractivity contribution in [3.05, 3.63) is 11.8 Å². The molecule has 0 aromatic heterocycles. The maximum atomic E-state index is 5.95. The van der Waals surface area contributed by atoms with Gasteiger partial charge in [-0.1, -0.05) is 0 Å². The molecule has 0 radical (unpaired) electrons. The monoisotopic (exact) mass is 212 g/mol. The highest BCUT2D eigenvalue weighted by molar-refractivity contribution is 8.01. The number of allylic oxidation sites excluding steroid dienone is 1. The maximum absolute atomic E-state index is 5.95. The van der Waals surface area contributed by atoms with E-state index in [0.29, 0.717) is 12.0 Å². The van der Waals surface area contributed by atoms with Gasteiger partial charge in [-0.05, 0) is 25.8 Å². The summed E-state index contributed by atoms with van der Waals surface area (Å²) in [5, 5.41) is 3.49. The zero-order valence-corrected chi connectivity index (χ0v) is 9.14. The Kier molecular flexibility index (Phi) is 1.88. The molecule has 3 aliphatic rings. The third kappa shape index (κ3) is 1.14. The van der Waals surface area contributed by atoms with Crippen LogP contribution in [0.15, 0.2) is 11.8 Å². The molecule has 4 heteroatoms. The molecule has 3 nitrogen and oxygen atoms in total. The van der Waals surface area contributed by atoms with E-state index in [1.807, 2.05) is 11.8 Å². The van der Waals surface area contributed by atoms with E-state index in [2.05, 4.69) is 18.3 Å². The second-order valence-electron chi connectivity index (χ2n) is 4.55. The van der Waals surface area contributed by atoms with Crippen LogP contribution in [0.4, 0.5) is 0 Å². The SMILES string of the molecule is CC12CC=C3OCCC3C1NC(N)S2. The number of nitrogens with two attached hydrogens (primary N) is 1. The van der Waals surface area contributed by atoms with Crippen molar-refractivity contribution in [2.24, 2.45) is 11.7 Å². The van der Waals surface area contributed by atoms with Gasteiger partial charge in [0, 0.05) is 16.7 Å². The fourth-order valence-electron chi connectivity index (χ4n) is 2.86. The molecule has 0 aromatic rings. The van der Waals surface area contributed by atoms with Crippen molar-refractivity contribution in [1.82, 2.24) is 5.32 Å². The first-order valence-electron chi connectivity index (χ1n) is 5.21. The average molecular weight is 212 g/mol. The summed E-state index contributed by atoms with van der Waals surface area (Å²) in [4.78, 5) is 0. The van der Waals surface area contributed by atoms with Gasteiger partial charge in [0.1, 0.15) is 5.50 Å². The van der Waals surface area contributed by atoms with Gasteiger partial charge >= 0.3 is 0 Å². The smallest absolute Gasteiger partial charge is 0.104 e. The molecule has 4 atom stereocenters. The van der Waals surface area contributed by atoms with E-state index in [4.69, 9.17) is 10.5 Å². The number of nitrogens with one attached hydrogen (secondary N) is 1. The van der Waals surface area contributed by atoms with Gasteiger partial charge in [0.05, 0.1) is 12.4 Å². The van der Waals surface area contributed by atoms with Crippen molar-refractivity contribution < 1.29 is 4.74 Å². The van der Waals surface area contributed by atoms with E-state index < -0.39 is 0 Å². The van der Waals surface area contributed by atoms with Crippen LogP contribution < -0.4 is 11.1 Å². The molecule has 2 aliphatic heterocycles. The Morgan fingerprint density at radius 3 is 3.43 bits per heavy atom. The molecule has 14 heavy (non-hydrogen) atoms. The Morgan fingerprint density at radius 2 is 2.57 bits per heavy atom. The molecule has 2 heterocycles. The van der Waals surface area contributed by atoms with Crippen LogP contribution in [0.25, 0.3) is 0 Å². The number of thioether (sulfide) groups is 1. The van der Waals surface area contributed by atoms with Gasteiger partial charge in [-0.25, -0.2) is 0 Å². The molecule has 78 valence electrons. The van der Waals surface area contributed by atoms with E-state index in [-0.39, 0.29) is 10.2 Å². The zero-order valence-electron chi connectivity index (χ0n) is 8.32. The van der Waals surface area contributed by atoms with Crippen LogP contribution in [0.3, 0.4) is 0 Å². The van der Waals surface area contributed by atoms with Gasteiger partial charge in [-0.15, -0.1) is 11.8 Å². The Hall–Kier alpha value is -0.190. The number of ether oxygens (including phenoxy) is 1. The lowest BCUT2D eigenvalue weighted by atomic mass is 9.80. The second kappa shape index (κ2) is 2.90. The van der Waals surface area contributed by atoms with Crippen molar-refractivity contribution in [2.75, 3.05) is 6.61 Å². The van der Waals surface area contributed by atoms with Crippen molar-refractivity contribution in [3.8, 4) is 0 Å². The van der Waals surface area contributed by atoms with E-state index in [1.54, 1.807) is 0 Å². The van der Waals surface area contributed by atoms with Crippen LogP contribution in [0.2, 0.25) is 0 Å². The largest absolute Gasteiger partial charge is 0.498 e. The Morgan fingerprint density at radius 1 is 1.71 bits per heavy atom. The molecule has 0 aromatic carbocycles. The van der Waals surface area contributed by atoms with Crippen molar-refractivity contribution >= 4 is 11.8 Å². The highest BCUT2D eigenvalue weighted by atomic mass is 32.2. The predicted octanol–water partition coefficient (Wildman–Crippen LogP) is 1.02. The Bertz CT molecular complexity index is 294. The van der Waals surface area contributed by atoms with Crippen LogP contribution in [0, 0.1) is 5.92 Å². The van der Waals surface area contributed by atoms with Gasteiger partial charge in [0.15, 0.2) is 0 Å². The molecule has 3 N–H and O–H groups in total. The van der Waals surface area contributed by atoms with Crippen molar-refractivity contribution in [2.45, 2.75) is 36.1 Å². The standard InChI is InChI=1S/C10H16N2OS/c1-10-4-2-7-6(3-5-13-7)8(10)12-9(11)14-10/h2,6,8-9,12H,3-5,11H2,1H3. The molecule has 1 aliphatic carbocycles. The zero-order chi connectivity index (χ0) is 9.76. The number of hydrogen-bond acceptors (Lipinski definition) is 4. The van der Waals surface area contributed by atoms with Gasteiger partial charge in [-0.3, -0.25) is 5.32 Å². The first kappa shape index (κ1) is 9.07. The fraction of sp³-hybridized carbons (Fsp3) is 0.800. The van der Waals surface area contributed by atoms with Crippen molar-refractivity contribution in [1.29, 1.82) is 0 Å². The van der Waals surface area contributed by atoms with E-state index in [9.17, 15) is 0 Å². The third-order valence-corrected chi connectivity index (χ3v) is 4.92. The molecule has 2 saturated heterocycles. The molecule has 0 amide bonds. The molecule has 0 spiro atoms. The minimum absolute atomic E-state index is 0.0957. The van der Waals surface area contributed by atoms with Crippen LogP contribution in [-0.4, -0.2) is 22.9 Å². The summed E-state index contributed by atoms with van der Waals surface area (Å²) in [6, 6.07) is 0.505. The first-order chi connectivity index (χ1) is 6.69. The van der Waals surface area contributed by atoms with Crippen molar-refractivity contribution in [3.63, 3.8) is 0 Å². The molecule has 3 rings (SSSR count). The van der Waals surface area contributed by atoms with Gasteiger partial charge < -0.3 is 10.5 Å². The van der Waals surface area contributed by atoms with Gasteiger partial charge in [0.25, 0.3) is 0 Å². The lowest BCUT2D eigenvalue weighted by Gasteiger charge is -2.36. The van der Waals surface area contributed by atoms with E-state index in [1.165, 1.54) is 5.76 Å². The third-order valence-electron chi connectivity index (χ3n) is 3.57. The molecular formula is C10H16N2OS. The minimum atomic E-state index is 0.0957. The summed E-state index contributed by atoms with van der Waals surface area (Å²) in [5.41, 5.74) is 6.05. The molecule has 0 saturated carbocycles. The van der Waals surface area contributed by atoms with Crippen LogP contribution in [0.1, 0.15) is 19.8 Å². The molecule has 4 unspecified atom stereocenters. The summed E-state index contributed by atoms with van der Waals surface area (Å²) in [5.74, 6) is 1.77. The van der Waals surface area contributed by atoms with E-state index in [0.717, 1.165) is 19.4 Å². The average Bonchev–Trinajstić information content (AvgIpc) is 2.66. The first-order valence-corrected chi connectivity index (χ1v) is 6.09. The summed E-state index contributed by atoms with van der Waals surface area (Å²) >= 11 is 1.87. The summed E-state index contributed by atoms with van der Waals surface area (Å²) in [6.45, 7) is 3.19. The summed E-state index contributed by atoms with van der Waals surface area (Å²) < 4.78 is 5.90. The van der Waals surface area contributed by atoms with Gasteiger partial charge in [-0.2, -0.15) is 0 Å². The number of rotatable bonds is 0. The lowest BCUT2D eigenvalue weighted by molar-refractivity contribution is 0.237. The Labute approximate surface area is 88.4 Å². The molecule has 0 bridgehead atoms. The highest BCUT2D eigenvalue weighted by Gasteiger charge is 2.51. The Balaban J connectivity index is 1.94. The number of fused-ring (bicyclic) bond motifs is 3. The predicted molar refractivity (Wildman–Crippen MR) is 57.7 cm³/mol. The summed E-state index contributed by atoms with van der Waals surface area (Å²) in [6.07, 6.45) is 4.49. The lowest BCUT2D eigenvalue weighted by Crippen LogP contribution is -2.48. The van der Waals surface area contributed by atoms with Crippen LogP contribution in [-0.2, 0) is 4.74 Å². The molecular weight excluding hydrogens is 196 g/mol. The topological polar surface area (TPSA) is 47.3 Å². The molecule has 2 fully saturated rings. The van der Waals surface area contributed by atoms with Crippen LogP contribution >= 0.6 is 11.8 Å². The van der Waals surface area contributed by atoms with E-state index >= 15 is 0 Å². The van der Waals surface area contributed by atoms with Gasteiger partial charge in [0.2, 0.25) is 0 Å². The normalized spacial score (nSPS) is 50.7. The second-order valence-corrected chi connectivity index (χ2v) is 6.23. The summed E-state index contributed by atoms with van der Waals surface area (Å²) in [7, 11) is 0. The fourth-order valence-corrected chi connectivity index (χ4v) is 4.22. The number of hydrogen-bond donors (Lipinski definition) is 2. The minimum Gasteiger partial charge on any atom is -0.498 e.